The van der Waals surface area contributed by atoms with Gasteiger partial charge in [-0.1, -0.05) is 12.1 Å². The molecule has 39 heavy (non-hydrogen) atoms. The molecular weight excluding hydrogens is 516 g/mol. The minimum absolute atomic E-state index is 0.0234. The maximum atomic E-state index is 13.0. The van der Waals surface area contributed by atoms with Crippen molar-refractivity contribution in [1.82, 2.24) is 16.0 Å². The molecule has 14 N–H and O–H groups in total. The predicted octanol–water partition coefficient (Wildman–Crippen LogP) is -3.89. The van der Waals surface area contributed by atoms with Crippen molar-refractivity contribution in [2.45, 2.75) is 62.9 Å². The molecule has 0 radical (unpaired) electrons. The van der Waals surface area contributed by atoms with Crippen LogP contribution in [0, 0.1) is 0 Å². The fourth-order valence-electron chi connectivity index (χ4n) is 3.35. The number of amides is 4. The van der Waals surface area contributed by atoms with Gasteiger partial charge in [0.2, 0.25) is 23.6 Å². The number of nitrogens with one attached hydrogen (secondary N) is 3. The van der Waals surface area contributed by atoms with Crippen molar-refractivity contribution in [3.8, 4) is 5.75 Å². The Morgan fingerprint density at radius 1 is 0.923 bits per heavy atom. The number of carboxylic acid groups (broad SMARTS) is 1. The molecule has 216 valence electrons. The van der Waals surface area contributed by atoms with Gasteiger partial charge in [0.05, 0.1) is 18.6 Å². The SMILES string of the molecule is CC(O)C(NC(=O)C(CCCN=C(N)N)NC(=O)C(N)CC(N)=O)C(=O)NC(Cc1ccc(O)cc1)C(=O)O. The van der Waals surface area contributed by atoms with Crippen LogP contribution in [0.25, 0.3) is 0 Å². The van der Waals surface area contributed by atoms with Crippen LogP contribution in [0.4, 0.5) is 0 Å². The Kier molecular flexibility index (Phi) is 13.1. The van der Waals surface area contributed by atoms with Crippen LogP contribution in [-0.2, 0) is 30.4 Å². The molecule has 0 aliphatic rings. The molecule has 0 aliphatic carbocycles. The van der Waals surface area contributed by atoms with Gasteiger partial charge in [-0.15, -0.1) is 0 Å². The Morgan fingerprint density at radius 3 is 2.03 bits per heavy atom. The van der Waals surface area contributed by atoms with E-state index in [9.17, 15) is 39.3 Å². The fourth-order valence-corrected chi connectivity index (χ4v) is 3.35. The molecular formula is C23H36N8O8. The second-order valence-corrected chi connectivity index (χ2v) is 8.78. The first-order valence-electron chi connectivity index (χ1n) is 11.9. The zero-order valence-corrected chi connectivity index (χ0v) is 21.4. The summed E-state index contributed by atoms with van der Waals surface area (Å²) in [5.41, 5.74) is 21.7. The number of hydrogen-bond acceptors (Lipinski definition) is 9. The maximum absolute atomic E-state index is 13.0. The predicted molar refractivity (Wildman–Crippen MR) is 139 cm³/mol. The lowest BCUT2D eigenvalue weighted by molar-refractivity contribution is -0.143. The average molecular weight is 553 g/mol. The van der Waals surface area contributed by atoms with Crippen LogP contribution >= 0.6 is 0 Å². The summed E-state index contributed by atoms with van der Waals surface area (Å²) in [5, 5.41) is 36.1. The second kappa shape index (κ2) is 15.7. The molecule has 1 rings (SSSR count). The lowest BCUT2D eigenvalue weighted by atomic mass is 10.0. The average Bonchev–Trinajstić information content (AvgIpc) is 2.83. The van der Waals surface area contributed by atoms with Crippen LogP contribution < -0.4 is 38.9 Å². The van der Waals surface area contributed by atoms with E-state index in [1.165, 1.54) is 31.2 Å². The molecule has 0 bridgehead atoms. The molecule has 1 aromatic rings. The van der Waals surface area contributed by atoms with Gasteiger partial charge in [0.1, 0.15) is 23.9 Å². The number of aromatic hydroxyl groups is 1. The van der Waals surface area contributed by atoms with E-state index in [1.54, 1.807) is 0 Å². The van der Waals surface area contributed by atoms with Gasteiger partial charge >= 0.3 is 5.97 Å². The number of carbonyl (C=O) groups excluding carboxylic acids is 4. The van der Waals surface area contributed by atoms with Gasteiger partial charge in [-0.25, -0.2) is 4.79 Å². The number of carbonyl (C=O) groups is 5. The number of aliphatic hydroxyl groups is 1. The Labute approximate surface area is 224 Å². The topological polar surface area (TPSA) is 299 Å². The molecule has 0 heterocycles. The van der Waals surface area contributed by atoms with Crippen molar-refractivity contribution < 1.29 is 39.3 Å². The first kappa shape index (κ1) is 32.6. The summed E-state index contributed by atoms with van der Waals surface area (Å²) in [6.07, 6.45) is -1.91. The van der Waals surface area contributed by atoms with Gasteiger partial charge in [0, 0.05) is 13.0 Å². The van der Waals surface area contributed by atoms with E-state index in [0.29, 0.717) is 5.56 Å². The molecule has 4 amide bonds. The lowest BCUT2D eigenvalue weighted by Gasteiger charge is -2.26. The van der Waals surface area contributed by atoms with Gasteiger partial charge in [-0.2, -0.15) is 0 Å². The third-order valence-corrected chi connectivity index (χ3v) is 5.39. The molecule has 0 aliphatic heterocycles. The summed E-state index contributed by atoms with van der Waals surface area (Å²) < 4.78 is 0. The zero-order valence-electron chi connectivity index (χ0n) is 21.4. The molecule has 0 spiro atoms. The van der Waals surface area contributed by atoms with E-state index in [-0.39, 0.29) is 37.5 Å². The normalized spacial score (nSPS) is 14.5. The number of benzene rings is 1. The van der Waals surface area contributed by atoms with Gasteiger partial charge in [-0.3, -0.25) is 24.2 Å². The molecule has 0 saturated carbocycles. The monoisotopic (exact) mass is 552 g/mol. The van der Waals surface area contributed by atoms with Gasteiger partial charge < -0.3 is 54.2 Å². The summed E-state index contributed by atoms with van der Waals surface area (Å²) in [6, 6.07) is -0.00179. The van der Waals surface area contributed by atoms with Crippen LogP contribution in [0.2, 0.25) is 0 Å². The van der Waals surface area contributed by atoms with E-state index in [2.05, 4.69) is 20.9 Å². The van der Waals surface area contributed by atoms with Crippen molar-refractivity contribution in [2.75, 3.05) is 6.54 Å². The smallest absolute Gasteiger partial charge is 0.326 e. The van der Waals surface area contributed by atoms with Crippen LogP contribution in [0.5, 0.6) is 5.75 Å². The second-order valence-electron chi connectivity index (χ2n) is 8.78. The van der Waals surface area contributed by atoms with Crippen molar-refractivity contribution in [2.24, 2.45) is 27.9 Å². The molecule has 5 unspecified atom stereocenters. The molecule has 16 nitrogen and oxygen atoms in total. The summed E-state index contributed by atoms with van der Waals surface area (Å²) in [5.74, 6) is -5.19. The Hall–Kier alpha value is -4.44. The van der Waals surface area contributed by atoms with Gasteiger partial charge in [0.15, 0.2) is 5.96 Å². The highest BCUT2D eigenvalue weighted by Crippen LogP contribution is 2.12. The number of nitrogens with zero attached hydrogens (tertiary/aromatic N) is 1. The third kappa shape index (κ3) is 12.1. The Balaban J connectivity index is 3.02. The molecule has 0 aromatic heterocycles. The van der Waals surface area contributed by atoms with E-state index < -0.39 is 66.3 Å². The van der Waals surface area contributed by atoms with Crippen molar-refractivity contribution in [1.29, 1.82) is 0 Å². The summed E-state index contributed by atoms with van der Waals surface area (Å²) in [7, 11) is 0. The number of rotatable bonds is 16. The van der Waals surface area contributed by atoms with Gasteiger partial charge in [-0.05, 0) is 37.5 Å². The van der Waals surface area contributed by atoms with Crippen LogP contribution in [0.15, 0.2) is 29.3 Å². The van der Waals surface area contributed by atoms with Crippen molar-refractivity contribution >= 4 is 35.6 Å². The van der Waals surface area contributed by atoms with Crippen LogP contribution in [0.3, 0.4) is 0 Å². The number of primary amides is 1. The molecule has 5 atom stereocenters. The number of guanidine groups is 1. The summed E-state index contributed by atoms with van der Waals surface area (Å²) in [6.45, 7) is 1.31. The number of phenols is 1. The number of phenolic OH excluding ortho intramolecular Hbond substituents is 1. The quantitative estimate of drug-likeness (QED) is 0.0537. The largest absolute Gasteiger partial charge is 0.508 e. The zero-order chi connectivity index (χ0) is 29.7. The van der Waals surface area contributed by atoms with Crippen LogP contribution in [-0.4, -0.2) is 87.7 Å². The highest BCUT2D eigenvalue weighted by Gasteiger charge is 2.32. The number of aliphatic imine (C=N–C) groups is 1. The molecule has 16 heteroatoms. The maximum Gasteiger partial charge on any atom is 0.326 e. The minimum atomic E-state index is -1.60. The molecule has 0 saturated heterocycles. The van der Waals surface area contributed by atoms with E-state index in [0.717, 1.165) is 0 Å². The number of aliphatic carboxylic acids is 1. The highest BCUT2D eigenvalue weighted by atomic mass is 16.4. The Bertz CT molecular complexity index is 1040. The molecule has 0 fully saturated rings. The standard InChI is InChI=1S/C23H36N8O8/c1-11(32)18(21(37)30-16(22(38)39)9-12-4-6-13(33)7-5-12)31-20(36)15(3-2-8-28-23(26)27)29-19(35)14(24)10-17(25)34/h4-7,11,14-16,18,32-33H,2-3,8-10,24H2,1H3,(H2,25,34)(H,29,35)(H,30,37)(H,31,36)(H,38,39)(H4,26,27,28). The number of aliphatic hydroxyl groups excluding tert-OH is 1. The number of nitrogens with two attached hydrogens (primary N) is 4. The third-order valence-electron chi connectivity index (χ3n) is 5.39. The number of carboxylic acids is 1. The van der Waals surface area contributed by atoms with Gasteiger partial charge in [0.25, 0.3) is 0 Å². The summed E-state index contributed by atoms with van der Waals surface area (Å²) >= 11 is 0. The van der Waals surface area contributed by atoms with E-state index in [4.69, 9.17) is 22.9 Å². The fraction of sp³-hybridized carbons (Fsp3) is 0.478. The van der Waals surface area contributed by atoms with Crippen LogP contribution in [0.1, 0.15) is 31.7 Å². The first-order chi connectivity index (χ1) is 18.2. The van der Waals surface area contributed by atoms with E-state index in [1.807, 2.05) is 0 Å². The lowest BCUT2D eigenvalue weighted by Crippen LogP contribution is -2.60. The molecule has 1 aromatic carbocycles. The van der Waals surface area contributed by atoms with Crippen molar-refractivity contribution in [3.05, 3.63) is 29.8 Å². The Morgan fingerprint density at radius 2 is 1.51 bits per heavy atom. The van der Waals surface area contributed by atoms with E-state index >= 15 is 0 Å². The van der Waals surface area contributed by atoms with Crippen molar-refractivity contribution in [3.63, 3.8) is 0 Å². The first-order valence-corrected chi connectivity index (χ1v) is 11.9. The summed E-state index contributed by atoms with van der Waals surface area (Å²) in [4.78, 5) is 65.0. The minimum Gasteiger partial charge on any atom is -0.508 e. The number of hydrogen-bond donors (Lipinski definition) is 10. The highest BCUT2D eigenvalue weighted by molar-refractivity contribution is 5.95.